The number of aromatic nitrogens is 2. The van der Waals surface area contributed by atoms with Crippen molar-refractivity contribution in [3.05, 3.63) is 53.4 Å². The van der Waals surface area contributed by atoms with Crippen molar-refractivity contribution in [1.29, 1.82) is 0 Å². The molecule has 112 valence electrons. The highest BCUT2D eigenvalue weighted by Gasteiger charge is 2.23. The summed E-state index contributed by atoms with van der Waals surface area (Å²) in [5.41, 5.74) is 8.10. The second-order valence-electron chi connectivity index (χ2n) is 5.16. The molecule has 2 aromatic rings. The molecule has 2 aromatic heterocycles. The van der Waals surface area contributed by atoms with E-state index < -0.39 is 12.0 Å². The highest BCUT2D eigenvalue weighted by Crippen LogP contribution is 2.29. The molecule has 0 saturated heterocycles. The molecule has 1 atom stereocenters. The zero-order valence-electron chi connectivity index (χ0n) is 11.6. The SMILES string of the molecule is NC1=NC(c2c[nH]c3ncc(F)cc23)NC(C2=CCCO2)=C1. The summed E-state index contributed by atoms with van der Waals surface area (Å²) in [6, 6.07) is 1.44. The van der Waals surface area contributed by atoms with Crippen molar-refractivity contribution in [2.75, 3.05) is 6.61 Å². The minimum atomic E-state index is -0.414. The van der Waals surface area contributed by atoms with Crippen molar-refractivity contribution < 1.29 is 9.13 Å². The van der Waals surface area contributed by atoms with Crippen molar-refractivity contribution in [3.63, 3.8) is 0 Å². The number of ether oxygens (including phenoxy) is 1. The van der Waals surface area contributed by atoms with Crippen molar-refractivity contribution in [2.45, 2.75) is 12.6 Å². The second-order valence-corrected chi connectivity index (χ2v) is 5.16. The largest absolute Gasteiger partial charge is 0.491 e. The van der Waals surface area contributed by atoms with Gasteiger partial charge in [-0.15, -0.1) is 0 Å². The summed E-state index contributed by atoms with van der Waals surface area (Å²) in [6.45, 7) is 0.665. The van der Waals surface area contributed by atoms with Crippen LogP contribution in [-0.2, 0) is 4.74 Å². The van der Waals surface area contributed by atoms with Gasteiger partial charge in [-0.2, -0.15) is 0 Å². The van der Waals surface area contributed by atoms with Gasteiger partial charge in [0.05, 0.1) is 18.5 Å². The lowest BCUT2D eigenvalue weighted by Gasteiger charge is -2.22. The maximum Gasteiger partial charge on any atom is 0.149 e. The number of pyridine rings is 1. The lowest BCUT2D eigenvalue weighted by Crippen LogP contribution is -2.29. The number of aliphatic imine (C=N–C) groups is 1. The molecule has 2 aliphatic heterocycles. The molecule has 6 nitrogen and oxygen atoms in total. The molecule has 4 heterocycles. The van der Waals surface area contributed by atoms with E-state index in [1.54, 1.807) is 12.3 Å². The summed E-state index contributed by atoms with van der Waals surface area (Å²) in [5, 5.41) is 3.95. The standard InChI is InChI=1S/C15H14FN5O/c16-8-4-9-10(7-19-14(9)18-6-8)15-20-11(5-13(17)21-15)12-2-1-3-22-12/h2,4-7,15,20H,1,3H2,(H2,17,21)(H,18,19). The van der Waals surface area contributed by atoms with Crippen molar-refractivity contribution in [3.8, 4) is 0 Å². The number of hydrogen-bond acceptors (Lipinski definition) is 5. The monoisotopic (exact) mass is 299 g/mol. The molecule has 0 saturated carbocycles. The normalized spacial score (nSPS) is 21.0. The minimum absolute atomic E-state index is 0.390. The van der Waals surface area contributed by atoms with E-state index >= 15 is 0 Å². The van der Waals surface area contributed by atoms with Crippen molar-refractivity contribution >= 4 is 16.9 Å². The predicted molar refractivity (Wildman–Crippen MR) is 80.3 cm³/mol. The Morgan fingerprint density at radius 2 is 2.32 bits per heavy atom. The van der Waals surface area contributed by atoms with E-state index in [0.717, 1.165) is 23.4 Å². The van der Waals surface area contributed by atoms with Gasteiger partial charge < -0.3 is 20.8 Å². The van der Waals surface area contributed by atoms with Crippen LogP contribution < -0.4 is 11.1 Å². The van der Waals surface area contributed by atoms with E-state index in [-0.39, 0.29) is 0 Å². The van der Waals surface area contributed by atoms with Crippen LogP contribution in [0.5, 0.6) is 0 Å². The minimum Gasteiger partial charge on any atom is -0.491 e. The Kier molecular flexibility index (Phi) is 2.85. The van der Waals surface area contributed by atoms with Crippen LogP contribution in [0.3, 0.4) is 0 Å². The van der Waals surface area contributed by atoms with Crippen LogP contribution >= 0.6 is 0 Å². The fraction of sp³-hybridized carbons (Fsp3) is 0.200. The van der Waals surface area contributed by atoms with Crippen LogP contribution in [-0.4, -0.2) is 22.4 Å². The zero-order chi connectivity index (χ0) is 15.1. The smallest absolute Gasteiger partial charge is 0.149 e. The third-order valence-electron chi connectivity index (χ3n) is 3.66. The first kappa shape index (κ1) is 12.9. The predicted octanol–water partition coefficient (Wildman–Crippen LogP) is 1.85. The lowest BCUT2D eigenvalue weighted by atomic mass is 10.1. The number of hydrogen-bond donors (Lipinski definition) is 3. The summed E-state index contributed by atoms with van der Waals surface area (Å²) in [7, 11) is 0. The molecule has 0 bridgehead atoms. The Bertz CT molecular complexity index is 836. The first-order valence-electron chi connectivity index (χ1n) is 6.98. The number of aromatic amines is 1. The molecule has 4 rings (SSSR count). The summed E-state index contributed by atoms with van der Waals surface area (Å²) in [4.78, 5) is 11.4. The van der Waals surface area contributed by atoms with Crippen LogP contribution in [0.4, 0.5) is 4.39 Å². The van der Waals surface area contributed by atoms with E-state index in [9.17, 15) is 4.39 Å². The lowest BCUT2D eigenvalue weighted by molar-refractivity contribution is 0.247. The first-order chi connectivity index (χ1) is 10.7. The van der Waals surface area contributed by atoms with Crippen LogP contribution in [0.15, 0.2) is 47.1 Å². The number of nitrogens with one attached hydrogen (secondary N) is 2. The van der Waals surface area contributed by atoms with Crippen LogP contribution in [0.2, 0.25) is 0 Å². The summed E-state index contributed by atoms with van der Waals surface area (Å²) >= 11 is 0. The fourth-order valence-electron chi connectivity index (χ4n) is 2.67. The molecular formula is C15H14FN5O. The molecule has 1 unspecified atom stereocenters. The highest BCUT2D eigenvalue weighted by molar-refractivity contribution is 5.94. The average Bonchev–Trinajstić information content (AvgIpc) is 3.16. The number of halogens is 1. The Morgan fingerprint density at radius 3 is 3.14 bits per heavy atom. The maximum absolute atomic E-state index is 13.5. The summed E-state index contributed by atoms with van der Waals surface area (Å²) in [6.07, 6.45) is 7.14. The van der Waals surface area contributed by atoms with E-state index in [2.05, 4.69) is 20.3 Å². The van der Waals surface area contributed by atoms with Gasteiger partial charge in [-0.25, -0.2) is 14.4 Å². The van der Waals surface area contributed by atoms with Crippen LogP contribution in [0.1, 0.15) is 18.2 Å². The topological polar surface area (TPSA) is 88.3 Å². The third kappa shape index (κ3) is 2.11. The number of nitrogens with zero attached hydrogens (tertiary/aromatic N) is 2. The number of fused-ring (bicyclic) bond motifs is 1. The molecule has 2 aliphatic rings. The van der Waals surface area contributed by atoms with Gasteiger partial charge in [0, 0.05) is 29.6 Å². The van der Waals surface area contributed by atoms with Crippen LogP contribution in [0, 0.1) is 5.82 Å². The van der Waals surface area contributed by atoms with Gasteiger partial charge in [0.25, 0.3) is 0 Å². The molecule has 0 amide bonds. The van der Waals surface area contributed by atoms with Gasteiger partial charge in [0.1, 0.15) is 29.2 Å². The summed E-state index contributed by atoms with van der Waals surface area (Å²) in [5.74, 6) is 0.777. The molecule has 22 heavy (non-hydrogen) atoms. The number of H-pyrrole nitrogens is 1. The van der Waals surface area contributed by atoms with Gasteiger partial charge in [0.15, 0.2) is 0 Å². The van der Waals surface area contributed by atoms with E-state index in [1.165, 1.54) is 12.3 Å². The van der Waals surface area contributed by atoms with Gasteiger partial charge in [-0.3, -0.25) is 0 Å². The summed E-state index contributed by atoms with van der Waals surface area (Å²) < 4.78 is 19.0. The second kappa shape index (κ2) is 4.87. The fourth-order valence-corrected chi connectivity index (χ4v) is 2.67. The van der Waals surface area contributed by atoms with Gasteiger partial charge in [0.2, 0.25) is 0 Å². The Morgan fingerprint density at radius 1 is 1.41 bits per heavy atom. The number of rotatable bonds is 2. The van der Waals surface area contributed by atoms with E-state index in [4.69, 9.17) is 10.5 Å². The average molecular weight is 299 g/mol. The molecule has 0 radical (unpaired) electrons. The molecule has 7 heteroatoms. The molecular weight excluding hydrogens is 285 g/mol. The molecule has 0 spiro atoms. The number of amidine groups is 1. The number of nitrogens with two attached hydrogens (primary N) is 1. The van der Waals surface area contributed by atoms with Gasteiger partial charge in [-0.1, -0.05) is 0 Å². The molecule has 0 fully saturated rings. The van der Waals surface area contributed by atoms with Gasteiger partial charge in [-0.05, 0) is 12.1 Å². The quantitative estimate of drug-likeness (QED) is 0.789. The van der Waals surface area contributed by atoms with Crippen LogP contribution in [0.25, 0.3) is 11.0 Å². The maximum atomic E-state index is 13.5. The Balaban J connectivity index is 1.73. The van der Waals surface area contributed by atoms with E-state index in [0.29, 0.717) is 23.5 Å². The molecule has 0 aliphatic carbocycles. The van der Waals surface area contributed by atoms with Crippen molar-refractivity contribution in [1.82, 2.24) is 15.3 Å². The highest BCUT2D eigenvalue weighted by atomic mass is 19.1. The molecule has 0 aromatic carbocycles. The van der Waals surface area contributed by atoms with Gasteiger partial charge >= 0.3 is 0 Å². The third-order valence-corrected chi connectivity index (χ3v) is 3.66. The Hall–Kier alpha value is -2.83. The Labute approximate surface area is 125 Å². The van der Waals surface area contributed by atoms with Crippen molar-refractivity contribution in [2.24, 2.45) is 10.7 Å². The zero-order valence-corrected chi connectivity index (χ0v) is 11.6. The van der Waals surface area contributed by atoms with E-state index in [1.807, 2.05) is 6.08 Å². The first-order valence-corrected chi connectivity index (χ1v) is 6.98. The molecule has 4 N–H and O–H groups in total.